The number of hydrogen-bond acceptors (Lipinski definition) is 5. The molecule has 140 valence electrons. The molecule has 4 rings (SSSR count). The molecule has 0 saturated heterocycles. The Morgan fingerprint density at radius 2 is 1.80 bits per heavy atom. The van der Waals surface area contributed by atoms with E-state index in [9.17, 15) is 25.5 Å². The summed E-state index contributed by atoms with van der Waals surface area (Å²) in [7, 11) is 0. The molecule has 5 nitrogen and oxygen atoms in total. The van der Waals surface area contributed by atoms with Crippen LogP contribution in [0.5, 0.6) is 0 Å². The van der Waals surface area contributed by atoms with E-state index in [2.05, 4.69) is 13.8 Å². The van der Waals surface area contributed by atoms with Crippen LogP contribution >= 0.6 is 0 Å². The summed E-state index contributed by atoms with van der Waals surface area (Å²) in [5, 5.41) is 54.7. The molecule has 0 amide bonds. The predicted octanol–water partition coefficient (Wildman–Crippen LogP) is 0.607. The first-order valence-corrected chi connectivity index (χ1v) is 9.32. The highest BCUT2D eigenvalue weighted by molar-refractivity contribution is 5.42. The van der Waals surface area contributed by atoms with Gasteiger partial charge < -0.3 is 25.5 Å². The summed E-state index contributed by atoms with van der Waals surface area (Å²) in [4.78, 5) is 0. The summed E-state index contributed by atoms with van der Waals surface area (Å²) in [5.41, 5.74) is -2.11. The molecule has 9 atom stereocenters. The SMILES string of the molecule is CC1=C[C@@]23C(C)C[C@@H]4[C@H]([C@@H](C=C(CO)[C@@H](O)[C@]2(O)[C@H]1O)C3O)C4(C)C. The van der Waals surface area contributed by atoms with Crippen molar-refractivity contribution in [3.8, 4) is 0 Å². The third kappa shape index (κ3) is 1.77. The lowest BCUT2D eigenvalue weighted by molar-refractivity contribution is -0.215. The van der Waals surface area contributed by atoms with Crippen LogP contribution in [0.2, 0.25) is 0 Å². The Morgan fingerprint density at radius 1 is 1.16 bits per heavy atom. The van der Waals surface area contributed by atoms with Crippen LogP contribution in [0, 0.1) is 34.5 Å². The van der Waals surface area contributed by atoms with Gasteiger partial charge in [0.15, 0.2) is 0 Å². The molecule has 2 saturated carbocycles. The molecular formula is C20H30O5. The second-order valence-electron chi connectivity index (χ2n) is 9.46. The molecule has 5 N–H and O–H groups in total. The van der Waals surface area contributed by atoms with Gasteiger partial charge in [-0.15, -0.1) is 0 Å². The summed E-state index contributed by atoms with van der Waals surface area (Å²) in [6, 6.07) is 0. The highest BCUT2D eigenvalue weighted by atomic mass is 16.4. The molecule has 2 fully saturated rings. The van der Waals surface area contributed by atoms with Crippen molar-refractivity contribution in [2.45, 2.75) is 58.0 Å². The highest BCUT2D eigenvalue weighted by Crippen LogP contribution is 2.72. The molecular weight excluding hydrogens is 320 g/mol. The van der Waals surface area contributed by atoms with Gasteiger partial charge in [-0.2, -0.15) is 0 Å². The van der Waals surface area contributed by atoms with Crippen LogP contribution < -0.4 is 0 Å². The fraction of sp³-hybridized carbons (Fsp3) is 0.800. The van der Waals surface area contributed by atoms with E-state index in [-0.39, 0.29) is 23.2 Å². The predicted molar refractivity (Wildman–Crippen MR) is 92.4 cm³/mol. The second kappa shape index (κ2) is 4.96. The summed E-state index contributed by atoms with van der Waals surface area (Å²) < 4.78 is 0. The Bertz CT molecular complexity index is 667. The fourth-order valence-corrected chi connectivity index (χ4v) is 6.74. The van der Waals surface area contributed by atoms with Crippen molar-refractivity contribution < 1.29 is 25.5 Å². The standard InChI is InChI=1S/C20H30O5/c1-9-7-19-10(2)5-13-14(18(13,3)4)12(17(19)24)6-11(8-21)16(23)20(19,25)15(9)22/h6-7,10,12-17,21-25H,5,8H2,1-4H3/t10?,12-,13-,14+,15+,16-,17?,19+,20-/m1/s1. The molecule has 2 bridgehead atoms. The van der Waals surface area contributed by atoms with Crippen molar-refractivity contribution in [3.63, 3.8) is 0 Å². The number of aliphatic hydroxyl groups excluding tert-OH is 4. The maximum absolute atomic E-state index is 11.6. The number of aliphatic hydroxyl groups is 5. The molecule has 25 heavy (non-hydrogen) atoms. The van der Waals surface area contributed by atoms with Crippen LogP contribution in [0.25, 0.3) is 0 Å². The van der Waals surface area contributed by atoms with Crippen molar-refractivity contribution in [1.29, 1.82) is 0 Å². The minimum absolute atomic E-state index is 0.0853. The van der Waals surface area contributed by atoms with E-state index in [1.165, 1.54) is 0 Å². The van der Waals surface area contributed by atoms with Crippen molar-refractivity contribution >= 4 is 0 Å². The van der Waals surface area contributed by atoms with Crippen molar-refractivity contribution in [3.05, 3.63) is 23.3 Å². The fourth-order valence-electron chi connectivity index (χ4n) is 6.74. The van der Waals surface area contributed by atoms with Gasteiger partial charge in [0.05, 0.1) is 18.1 Å². The molecule has 0 radical (unpaired) electrons. The van der Waals surface area contributed by atoms with Gasteiger partial charge in [-0.25, -0.2) is 0 Å². The van der Waals surface area contributed by atoms with E-state index >= 15 is 0 Å². The van der Waals surface area contributed by atoms with Gasteiger partial charge in [0.25, 0.3) is 0 Å². The monoisotopic (exact) mass is 350 g/mol. The van der Waals surface area contributed by atoms with Crippen LogP contribution in [0.3, 0.4) is 0 Å². The van der Waals surface area contributed by atoms with Crippen LogP contribution in [-0.4, -0.2) is 56.1 Å². The quantitative estimate of drug-likeness (QED) is 0.446. The van der Waals surface area contributed by atoms with Gasteiger partial charge in [0.1, 0.15) is 17.8 Å². The molecule has 5 heteroatoms. The van der Waals surface area contributed by atoms with Crippen LogP contribution in [0.15, 0.2) is 23.3 Å². The Kier molecular flexibility index (Phi) is 3.51. The van der Waals surface area contributed by atoms with Gasteiger partial charge in [-0.05, 0) is 47.7 Å². The second-order valence-corrected chi connectivity index (χ2v) is 9.46. The van der Waals surface area contributed by atoms with Gasteiger partial charge in [-0.3, -0.25) is 0 Å². The largest absolute Gasteiger partial charge is 0.392 e. The highest BCUT2D eigenvalue weighted by Gasteiger charge is 2.75. The summed E-state index contributed by atoms with van der Waals surface area (Å²) in [5.74, 6) is 0.292. The maximum atomic E-state index is 11.6. The first-order valence-electron chi connectivity index (χ1n) is 9.32. The lowest BCUT2D eigenvalue weighted by Crippen LogP contribution is -2.66. The zero-order chi connectivity index (χ0) is 18.5. The summed E-state index contributed by atoms with van der Waals surface area (Å²) >= 11 is 0. The van der Waals surface area contributed by atoms with E-state index in [0.717, 1.165) is 6.42 Å². The summed E-state index contributed by atoms with van der Waals surface area (Å²) in [6.07, 6.45) is 0.801. The molecule has 0 aromatic heterocycles. The normalized spacial score (nSPS) is 56.1. The van der Waals surface area contributed by atoms with Crippen molar-refractivity contribution in [2.24, 2.45) is 34.5 Å². The van der Waals surface area contributed by atoms with Crippen LogP contribution in [0.1, 0.15) is 34.1 Å². The van der Waals surface area contributed by atoms with Crippen molar-refractivity contribution in [2.75, 3.05) is 6.61 Å². The van der Waals surface area contributed by atoms with E-state index in [1.807, 2.05) is 6.92 Å². The Morgan fingerprint density at radius 3 is 2.40 bits per heavy atom. The smallest absolute Gasteiger partial charge is 0.136 e. The molecule has 0 aromatic carbocycles. The van der Waals surface area contributed by atoms with Gasteiger partial charge in [-0.1, -0.05) is 32.9 Å². The third-order valence-corrected chi connectivity index (χ3v) is 8.20. The molecule has 4 aliphatic carbocycles. The molecule has 1 spiro atoms. The lowest BCUT2D eigenvalue weighted by atomic mass is 9.58. The minimum atomic E-state index is -1.93. The Balaban J connectivity index is 1.98. The molecule has 0 aliphatic heterocycles. The topological polar surface area (TPSA) is 101 Å². The van der Waals surface area contributed by atoms with Crippen LogP contribution in [0.4, 0.5) is 0 Å². The third-order valence-electron chi connectivity index (χ3n) is 8.20. The molecule has 0 heterocycles. The zero-order valence-corrected chi connectivity index (χ0v) is 15.3. The Hall–Kier alpha value is -0.720. The molecule has 4 aliphatic rings. The first kappa shape index (κ1) is 17.7. The molecule has 2 unspecified atom stereocenters. The maximum Gasteiger partial charge on any atom is 0.136 e. The van der Waals surface area contributed by atoms with Gasteiger partial charge in [0.2, 0.25) is 0 Å². The minimum Gasteiger partial charge on any atom is -0.392 e. The van der Waals surface area contributed by atoms with E-state index in [0.29, 0.717) is 17.1 Å². The number of fused-ring (bicyclic) bond motifs is 3. The zero-order valence-electron chi connectivity index (χ0n) is 15.3. The first-order chi connectivity index (χ1) is 11.5. The van der Waals surface area contributed by atoms with E-state index in [1.54, 1.807) is 19.1 Å². The average molecular weight is 350 g/mol. The number of rotatable bonds is 1. The molecule has 0 aromatic rings. The van der Waals surface area contributed by atoms with E-state index < -0.39 is 35.9 Å². The average Bonchev–Trinajstić information content (AvgIpc) is 3.05. The van der Waals surface area contributed by atoms with Gasteiger partial charge in [0, 0.05) is 5.92 Å². The van der Waals surface area contributed by atoms with E-state index in [4.69, 9.17) is 0 Å². The lowest BCUT2D eigenvalue weighted by Gasteiger charge is -2.51. The van der Waals surface area contributed by atoms with Crippen LogP contribution in [-0.2, 0) is 0 Å². The van der Waals surface area contributed by atoms with Gasteiger partial charge >= 0.3 is 0 Å². The Labute approximate surface area is 148 Å². The van der Waals surface area contributed by atoms with Crippen molar-refractivity contribution in [1.82, 2.24) is 0 Å². The summed E-state index contributed by atoms with van der Waals surface area (Å²) in [6.45, 7) is 7.72. The number of hydrogen-bond donors (Lipinski definition) is 5.